The highest BCUT2D eigenvalue weighted by atomic mass is 15.3. The number of likely N-dealkylation sites (N-methyl/N-ethyl adjacent to an activating group) is 1. The van der Waals surface area contributed by atoms with Crippen LogP contribution in [0.1, 0.15) is 27.2 Å². The highest BCUT2D eigenvalue weighted by molar-refractivity contribution is 5.03. The Morgan fingerprint density at radius 2 is 1.76 bits per heavy atom. The third kappa shape index (κ3) is 4.63. The Hall–Kier alpha value is -0.630. The van der Waals surface area contributed by atoms with Crippen LogP contribution in [0.25, 0.3) is 0 Å². The van der Waals surface area contributed by atoms with E-state index in [2.05, 4.69) is 35.0 Å². The van der Waals surface area contributed by atoms with Gasteiger partial charge in [-0.2, -0.15) is 5.26 Å². The second-order valence-corrected chi connectivity index (χ2v) is 5.00. The SMILES string of the molecule is CCNC(C)(C#N)CCN1CCN(CC)CC1. The van der Waals surface area contributed by atoms with Crippen molar-refractivity contribution in [3.63, 3.8) is 0 Å². The summed E-state index contributed by atoms with van der Waals surface area (Å²) in [5.74, 6) is 0. The molecule has 0 bridgehead atoms. The summed E-state index contributed by atoms with van der Waals surface area (Å²) in [6.45, 7) is 13.9. The van der Waals surface area contributed by atoms with Gasteiger partial charge in [-0.3, -0.25) is 5.32 Å². The van der Waals surface area contributed by atoms with E-state index in [-0.39, 0.29) is 5.54 Å². The molecule has 1 fully saturated rings. The lowest BCUT2D eigenvalue weighted by atomic mass is 9.99. The van der Waals surface area contributed by atoms with E-state index in [0.29, 0.717) is 0 Å². The molecule has 1 aliphatic heterocycles. The molecule has 1 rings (SSSR count). The zero-order valence-electron chi connectivity index (χ0n) is 11.5. The Bertz CT molecular complexity index is 253. The summed E-state index contributed by atoms with van der Waals surface area (Å²) >= 11 is 0. The minimum Gasteiger partial charge on any atom is -0.301 e. The highest BCUT2D eigenvalue weighted by Gasteiger charge is 2.24. The second kappa shape index (κ2) is 6.95. The minimum absolute atomic E-state index is 0.364. The Kier molecular flexibility index (Phi) is 5.90. The van der Waals surface area contributed by atoms with E-state index in [4.69, 9.17) is 0 Å². The molecule has 1 unspecified atom stereocenters. The second-order valence-electron chi connectivity index (χ2n) is 5.00. The molecular formula is C13H26N4. The molecule has 0 spiro atoms. The van der Waals surface area contributed by atoms with Crippen LogP contribution >= 0.6 is 0 Å². The summed E-state index contributed by atoms with van der Waals surface area (Å²) in [5, 5.41) is 12.5. The van der Waals surface area contributed by atoms with Crippen molar-refractivity contribution in [2.45, 2.75) is 32.7 Å². The summed E-state index contributed by atoms with van der Waals surface area (Å²) in [4.78, 5) is 4.95. The monoisotopic (exact) mass is 238 g/mol. The molecular weight excluding hydrogens is 212 g/mol. The summed E-state index contributed by atoms with van der Waals surface area (Å²) in [6, 6.07) is 2.39. The fourth-order valence-electron chi connectivity index (χ4n) is 2.28. The molecule has 1 heterocycles. The molecule has 0 amide bonds. The van der Waals surface area contributed by atoms with Gasteiger partial charge in [-0.15, -0.1) is 0 Å². The molecule has 4 heteroatoms. The van der Waals surface area contributed by atoms with E-state index in [9.17, 15) is 5.26 Å². The van der Waals surface area contributed by atoms with Gasteiger partial charge in [0.05, 0.1) is 6.07 Å². The first-order valence-electron chi connectivity index (χ1n) is 6.74. The summed E-state index contributed by atoms with van der Waals surface area (Å²) in [5.41, 5.74) is -0.364. The lowest BCUT2D eigenvalue weighted by Crippen LogP contribution is -2.49. The van der Waals surface area contributed by atoms with Crippen LogP contribution in [-0.4, -0.2) is 61.2 Å². The number of rotatable bonds is 6. The molecule has 1 N–H and O–H groups in total. The maximum atomic E-state index is 9.19. The quantitative estimate of drug-likeness (QED) is 0.747. The number of nitrogens with zero attached hydrogens (tertiary/aromatic N) is 3. The third-order valence-corrected chi connectivity index (χ3v) is 3.65. The van der Waals surface area contributed by atoms with Gasteiger partial charge in [0.1, 0.15) is 5.54 Å². The van der Waals surface area contributed by atoms with Crippen molar-refractivity contribution in [2.24, 2.45) is 0 Å². The Morgan fingerprint density at radius 1 is 1.18 bits per heavy atom. The van der Waals surface area contributed by atoms with E-state index in [1.54, 1.807) is 0 Å². The van der Waals surface area contributed by atoms with Crippen LogP contribution in [0.3, 0.4) is 0 Å². The van der Waals surface area contributed by atoms with E-state index in [0.717, 1.165) is 39.1 Å². The van der Waals surface area contributed by atoms with E-state index in [1.807, 2.05) is 6.92 Å². The standard InChI is InChI=1S/C13H26N4/c1-4-15-13(3,12-14)6-7-17-10-8-16(5-2)9-11-17/h15H,4-11H2,1-3H3. The first-order valence-corrected chi connectivity index (χ1v) is 6.74. The Morgan fingerprint density at radius 3 is 2.24 bits per heavy atom. The number of piperazine rings is 1. The van der Waals surface area contributed by atoms with Gasteiger partial charge in [0.15, 0.2) is 0 Å². The normalized spacial score (nSPS) is 22.0. The molecule has 0 aromatic heterocycles. The lowest BCUT2D eigenvalue weighted by Gasteiger charge is -2.35. The topological polar surface area (TPSA) is 42.3 Å². The first-order chi connectivity index (χ1) is 8.13. The van der Waals surface area contributed by atoms with E-state index < -0.39 is 0 Å². The summed E-state index contributed by atoms with van der Waals surface area (Å²) in [7, 11) is 0. The Balaban J connectivity index is 2.29. The maximum absolute atomic E-state index is 9.19. The van der Waals surface area contributed by atoms with E-state index in [1.165, 1.54) is 13.1 Å². The fourth-order valence-corrected chi connectivity index (χ4v) is 2.28. The van der Waals surface area contributed by atoms with Crippen LogP contribution < -0.4 is 5.32 Å². The van der Waals surface area contributed by atoms with Crippen molar-refractivity contribution in [3.05, 3.63) is 0 Å². The van der Waals surface area contributed by atoms with Crippen molar-refractivity contribution in [2.75, 3.05) is 45.8 Å². The third-order valence-electron chi connectivity index (χ3n) is 3.65. The predicted octanol–water partition coefficient (Wildman–Crippen LogP) is 0.906. The van der Waals surface area contributed by atoms with Crippen LogP contribution in [0.4, 0.5) is 0 Å². The summed E-state index contributed by atoms with van der Waals surface area (Å²) < 4.78 is 0. The van der Waals surface area contributed by atoms with Crippen LogP contribution in [0.15, 0.2) is 0 Å². The number of nitrogens with one attached hydrogen (secondary N) is 1. The van der Waals surface area contributed by atoms with Crippen molar-refractivity contribution in [3.8, 4) is 6.07 Å². The fraction of sp³-hybridized carbons (Fsp3) is 0.923. The van der Waals surface area contributed by atoms with Crippen molar-refractivity contribution in [1.29, 1.82) is 5.26 Å². The average molecular weight is 238 g/mol. The van der Waals surface area contributed by atoms with Crippen LogP contribution in [0.5, 0.6) is 0 Å². The molecule has 0 aromatic rings. The molecule has 98 valence electrons. The van der Waals surface area contributed by atoms with Gasteiger partial charge in [0, 0.05) is 32.7 Å². The zero-order valence-corrected chi connectivity index (χ0v) is 11.5. The molecule has 0 aromatic carbocycles. The predicted molar refractivity (Wildman–Crippen MR) is 70.9 cm³/mol. The zero-order chi connectivity index (χ0) is 12.7. The number of nitriles is 1. The smallest absolute Gasteiger partial charge is 0.105 e. The van der Waals surface area contributed by atoms with Gasteiger partial charge in [0.2, 0.25) is 0 Å². The van der Waals surface area contributed by atoms with Gasteiger partial charge >= 0.3 is 0 Å². The van der Waals surface area contributed by atoms with Gasteiger partial charge in [-0.1, -0.05) is 13.8 Å². The molecule has 4 nitrogen and oxygen atoms in total. The van der Waals surface area contributed by atoms with Gasteiger partial charge in [-0.25, -0.2) is 0 Å². The minimum atomic E-state index is -0.364. The molecule has 0 radical (unpaired) electrons. The number of hydrogen-bond acceptors (Lipinski definition) is 4. The largest absolute Gasteiger partial charge is 0.301 e. The Labute approximate surface area is 106 Å². The number of hydrogen-bond donors (Lipinski definition) is 1. The van der Waals surface area contributed by atoms with Crippen molar-refractivity contribution >= 4 is 0 Å². The molecule has 1 saturated heterocycles. The van der Waals surface area contributed by atoms with Crippen molar-refractivity contribution in [1.82, 2.24) is 15.1 Å². The van der Waals surface area contributed by atoms with Crippen LogP contribution in [0.2, 0.25) is 0 Å². The van der Waals surface area contributed by atoms with E-state index >= 15 is 0 Å². The molecule has 0 saturated carbocycles. The van der Waals surface area contributed by atoms with Crippen LogP contribution in [0, 0.1) is 11.3 Å². The molecule has 0 aliphatic carbocycles. The molecule has 1 atom stereocenters. The van der Waals surface area contributed by atoms with Crippen LogP contribution in [-0.2, 0) is 0 Å². The van der Waals surface area contributed by atoms with Crippen molar-refractivity contribution < 1.29 is 0 Å². The molecule has 1 aliphatic rings. The summed E-state index contributed by atoms with van der Waals surface area (Å²) in [6.07, 6.45) is 0.906. The van der Waals surface area contributed by atoms with Gasteiger partial charge < -0.3 is 9.80 Å². The first kappa shape index (κ1) is 14.4. The van der Waals surface area contributed by atoms with Gasteiger partial charge in [-0.05, 0) is 26.4 Å². The molecule has 17 heavy (non-hydrogen) atoms. The highest BCUT2D eigenvalue weighted by Crippen LogP contribution is 2.10. The van der Waals surface area contributed by atoms with Gasteiger partial charge in [0.25, 0.3) is 0 Å². The maximum Gasteiger partial charge on any atom is 0.105 e. The lowest BCUT2D eigenvalue weighted by molar-refractivity contribution is 0.130. The average Bonchev–Trinajstić information content (AvgIpc) is 2.37.